The predicted octanol–water partition coefficient (Wildman–Crippen LogP) is 4.79. The third-order valence-corrected chi connectivity index (χ3v) is 4.86. The predicted molar refractivity (Wildman–Crippen MR) is 104 cm³/mol. The number of nitrogens with zero attached hydrogens (tertiary/aromatic N) is 1. The molecule has 9 heteroatoms. The van der Waals surface area contributed by atoms with Gasteiger partial charge in [0.25, 0.3) is 5.91 Å². The van der Waals surface area contributed by atoms with Crippen molar-refractivity contribution in [2.75, 3.05) is 11.9 Å². The number of carbonyl (C=O) groups excluding carboxylic acids is 1. The van der Waals surface area contributed by atoms with E-state index >= 15 is 0 Å². The third kappa shape index (κ3) is 5.11. The van der Waals surface area contributed by atoms with Gasteiger partial charge in [-0.25, -0.2) is 5.43 Å². The lowest BCUT2D eigenvalue weighted by atomic mass is 10.2. The number of anilines is 1. The zero-order chi connectivity index (χ0) is 17.7. The zero-order valence-corrected chi connectivity index (χ0v) is 16.7. The molecule has 0 saturated heterocycles. The van der Waals surface area contributed by atoms with Crippen LogP contribution in [-0.4, -0.2) is 23.8 Å². The zero-order valence-electron chi connectivity index (χ0n) is 12.0. The molecule has 0 radical (unpaired) electrons. The van der Waals surface area contributed by atoms with E-state index in [1.807, 2.05) is 0 Å². The van der Waals surface area contributed by atoms with Gasteiger partial charge < -0.3 is 10.4 Å². The molecule has 1 amide bonds. The van der Waals surface area contributed by atoms with Gasteiger partial charge in [0.1, 0.15) is 5.75 Å². The molecule has 126 valence electrons. The second-order valence-electron chi connectivity index (χ2n) is 4.58. The first kappa shape index (κ1) is 19.1. The Morgan fingerprint density at radius 1 is 1.25 bits per heavy atom. The molecule has 0 aliphatic heterocycles. The van der Waals surface area contributed by atoms with Crippen molar-refractivity contribution < 1.29 is 9.90 Å². The van der Waals surface area contributed by atoms with Crippen LogP contribution < -0.4 is 10.7 Å². The van der Waals surface area contributed by atoms with Crippen molar-refractivity contribution in [3.8, 4) is 5.75 Å². The molecule has 24 heavy (non-hydrogen) atoms. The number of hydrogen-bond donors (Lipinski definition) is 3. The van der Waals surface area contributed by atoms with Crippen LogP contribution in [0.2, 0.25) is 10.0 Å². The van der Waals surface area contributed by atoms with Gasteiger partial charge in [-0.3, -0.25) is 4.79 Å². The highest BCUT2D eigenvalue weighted by Gasteiger charge is 2.06. The summed E-state index contributed by atoms with van der Waals surface area (Å²) in [4.78, 5) is 11.8. The summed E-state index contributed by atoms with van der Waals surface area (Å²) in [6.45, 7) is -0.0135. The van der Waals surface area contributed by atoms with Gasteiger partial charge in [0.15, 0.2) is 0 Å². The standard InChI is InChI=1S/C15H11Br2Cl2N3O2/c16-9-4-8(5-10(17)15(9)24)6-21-22-13(23)7-20-12-3-1-2-11(18)14(12)19/h1-6,20,24H,7H2,(H,22,23)/b21-6+. The molecule has 0 aliphatic carbocycles. The van der Waals surface area contributed by atoms with Gasteiger partial charge in [0.05, 0.1) is 37.4 Å². The van der Waals surface area contributed by atoms with E-state index in [-0.39, 0.29) is 18.2 Å². The number of benzene rings is 2. The van der Waals surface area contributed by atoms with Crippen LogP contribution in [-0.2, 0) is 4.79 Å². The van der Waals surface area contributed by atoms with Crippen LogP contribution >= 0.6 is 55.1 Å². The van der Waals surface area contributed by atoms with Crippen LogP contribution in [0.15, 0.2) is 44.4 Å². The Hall–Kier alpha value is -1.28. The van der Waals surface area contributed by atoms with Crippen LogP contribution in [0, 0.1) is 0 Å². The third-order valence-electron chi connectivity index (χ3n) is 2.83. The van der Waals surface area contributed by atoms with Crippen molar-refractivity contribution in [2.24, 2.45) is 5.10 Å². The highest BCUT2D eigenvalue weighted by Crippen LogP contribution is 2.32. The van der Waals surface area contributed by atoms with Gasteiger partial charge in [-0.05, 0) is 61.7 Å². The summed E-state index contributed by atoms with van der Waals surface area (Å²) in [7, 11) is 0. The maximum atomic E-state index is 11.8. The van der Waals surface area contributed by atoms with Crippen LogP contribution in [0.3, 0.4) is 0 Å². The number of rotatable bonds is 5. The van der Waals surface area contributed by atoms with Crippen molar-refractivity contribution in [3.05, 3.63) is 54.9 Å². The van der Waals surface area contributed by atoms with Crippen molar-refractivity contribution in [1.29, 1.82) is 0 Å². The Bertz CT molecular complexity index is 777. The highest BCUT2D eigenvalue weighted by molar-refractivity contribution is 9.11. The molecule has 0 fully saturated rings. The SMILES string of the molecule is O=C(CNc1cccc(Cl)c1Cl)N/N=C/c1cc(Br)c(O)c(Br)c1. The molecule has 2 rings (SSSR count). The van der Waals surface area contributed by atoms with Crippen molar-refractivity contribution in [3.63, 3.8) is 0 Å². The lowest BCUT2D eigenvalue weighted by Crippen LogP contribution is -2.26. The summed E-state index contributed by atoms with van der Waals surface area (Å²) < 4.78 is 1.03. The fourth-order valence-corrected chi connectivity index (χ4v) is 3.28. The quantitative estimate of drug-likeness (QED) is 0.412. The van der Waals surface area contributed by atoms with Crippen LogP contribution in [0.5, 0.6) is 5.75 Å². The van der Waals surface area contributed by atoms with Crippen LogP contribution in [0.4, 0.5) is 5.69 Å². The van der Waals surface area contributed by atoms with Crippen molar-refractivity contribution >= 4 is 72.9 Å². The van der Waals surface area contributed by atoms with E-state index < -0.39 is 0 Å². The molecule has 0 bridgehead atoms. The number of carbonyl (C=O) groups is 1. The summed E-state index contributed by atoms with van der Waals surface area (Å²) in [5.74, 6) is -0.252. The summed E-state index contributed by atoms with van der Waals surface area (Å²) in [5.41, 5.74) is 3.64. The Morgan fingerprint density at radius 2 is 1.92 bits per heavy atom. The van der Waals surface area contributed by atoms with Gasteiger partial charge in [-0.15, -0.1) is 0 Å². The number of phenols is 1. The maximum Gasteiger partial charge on any atom is 0.259 e. The molecule has 0 atom stereocenters. The first-order valence-electron chi connectivity index (χ1n) is 6.56. The second-order valence-corrected chi connectivity index (χ2v) is 7.08. The largest absolute Gasteiger partial charge is 0.506 e. The number of halogens is 4. The van der Waals surface area contributed by atoms with E-state index in [1.165, 1.54) is 6.21 Å². The van der Waals surface area contributed by atoms with E-state index in [0.717, 1.165) is 0 Å². The first-order chi connectivity index (χ1) is 11.4. The van der Waals surface area contributed by atoms with Gasteiger partial charge in [0, 0.05) is 0 Å². The second kappa shape index (κ2) is 8.71. The van der Waals surface area contributed by atoms with Gasteiger partial charge in [-0.1, -0.05) is 29.3 Å². The smallest absolute Gasteiger partial charge is 0.259 e. The molecule has 0 aliphatic rings. The lowest BCUT2D eigenvalue weighted by molar-refractivity contribution is -0.119. The molecule has 0 heterocycles. The topological polar surface area (TPSA) is 73.7 Å². The van der Waals surface area contributed by atoms with Gasteiger partial charge >= 0.3 is 0 Å². The molecule has 0 unspecified atom stereocenters. The summed E-state index contributed by atoms with van der Waals surface area (Å²) >= 11 is 18.4. The molecular formula is C15H11Br2Cl2N3O2. The van der Waals surface area contributed by atoms with Crippen LogP contribution in [0.1, 0.15) is 5.56 Å². The van der Waals surface area contributed by atoms with Gasteiger partial charge in [0.2, 0.25) is 0 Å². The Balaban J connectivity index is 1.90. The Morgan fingerprint density at radius 3 is 2.58 bits per heavy atom. The Kier molecular flexibility index (Phi) is 6.91. The molecule has 0 aromatic heterocycles. The lowest BCUT2D eigenvalue weighted by Gasteiger charge is -2.08. The van der Waals surface area contributed by atoms with Gasteiger partial charge in [-0.2, -0.15) is 5.10 Å². The van der Waals surface area contributed by atoms with Crippen molar-refractivity contribution in [1.82, 2.24) is 5.43 Å². The molecule has 0 saturated carbocycles. The van der Waals surface area contributed by atoms with E-state index in [9.17, 15) is 9.90 Å². The van der Waals surface area contributed by atoms with Crippen molar-refractivity contribution in [2.45, 2.75) is 0 Å². The maximum absolute atomic E-state index is 11.8. The molecular weight excluding hydrogens is 485 g/mol. The molecule has 2 aromatic rings. The summed E-state index contributed by atoms with van der Waals surface area (Å²) in [5, 5.41) is 17.1. The Labute approximate surface area is 165 Å². The fraction of sp³-hybridized carbons (Fsp3) is 0.0667. The number of nitrogens with one attached hydrogen (secondary N) is 2. The minimum absolute atomic E-state index is 0.0135. The fourth-order valence-electron chi connectivity index (χ4n) is 1.69. The minimum atomic E-state index is -0.348. The highest BCUT2D eigenvalue weighted by atomic mass is 79.9. The van der Waals surface area contributed by atoms with E-state index in [2.05, 4.69) is 47.7 Å². The average Bonchev–Trinajstić information content (AvgIpc) is 2.54. The first-order valence-corrected chi connectivity index (χ1v) is 8.90. The summed E-state index contributed by atoms with van der Waals surface area (Å²) in [6.07, 6.45) is 1.46. The van der Waals surface area contributed by atoms with E-state index in [4.69, 9.17) is 23.2 Å². The normalized spacial score (nSPS) is 10.8. The molecule has 3 N–H and O–H groups in total. The monoisotopic (exact) mass is 493 g/mol. The van der Waals surface area contributed by atoms with E-state index in [0.29, 0.717) is 30.2 Å². The molecule has 5 nitrogen and oxygen atoms in total. The number of hydrogen-bond acceptors (Lipinski definition) is 4. The van der Waals surface area contributed by atoms with E-state index in [1.54, 1.807) is 30.3 Å². The number of hydrazone groups is 1. The molecule has 2 aromatic carbocycles. The number of phenolic OH excluding ortho intramolecular Hbond substituents is 1. The molecule has 0 spiro atoms. The average molecular weight is 496 g/mol. The number of aromatic hydroxyl groups is 1. The number of amides is 1. The minimum Gasteiger partial charge on any atom is -0.506 e. The summed E-state index contributed by atoms with van der Waals surface area (Å²) in [6, 6.07) is 8.44. The van der Waals surface area contributed by atoms with Crippen LogP contribution in [0.25, 0.3) is 0 Å².